The molecule has 0 aromatic heterocycles. The predicted molar refractivity (Wildman–Crippen MR) is 131 cm³/mol. The third kappa shape index (κ3) is 4.77. The van der Waals surface area contributed by atoms with Gasteiger partial charge in [0, 0.05) is 37.4 Å². The second-order valence-corrected chi connectivity index (χ2v) is 10.1. The Morgan fingerprint density at radius 1 is 0.971 bits per heavy atom. The van der Waals surface area contributed by atoms with Crippen LogP contribution < -0.4 is 5.32 Å². The highest BCUT2D eigenvalue weighted by atomic mass is 16.5. The summed E-state index contributed by atoms with van der Waals surface area (Å²) in [6, 6.07) is 16.5. The first-order valence-electron chi connectivity index (χ1n) is 12.6. The summed E-state index contributed by atoms with van der Waals surface area (Å²) in [4.78, 5) is 37.9. The number of fused-ring (bicyclic) bond motifs is 3. The van der Waals surface area contributed by atoms with Crippen molar-refractivity contribution in [1.82, 2.24) is 10.2 Å². The zero-order valence-electron chi connectivity index (χ0n) is 19.9. The highest BCUT2D eigenvalue weighted by molar-refractivity contribution is 5.80. The molecule has 5 rings (SSSR count). The van der Waals surface area contributed by atoms with E-state index >= 15 is 0 Å². The van der Waals surface area contributed by atoms with E-state index in [4.69, 9.17) is 4.74 Å². The van der Waals surface area contributed by atoms with E-state index in [9.17, 15) is 19.5 Å². The van der Waals surface area contributed by atoms with E-state index in [0.717, 1.165) is 32.1 Å². The van der Waals surface area contributed by atoms with Crippen LogP contribution in [0.3, 0.4) is 0 Å². The van der Waals surface area contributed by atoms with Crippen molar-refractivity contribution in [1.29, 1.82) is 0 Å². The summed E-state index contributed by atoms with van der Waals surface area (Å²) in [5.41, 5.74) is 4.62. The molecule has 1 aliphatic heterocycles. The monoisotopic (exact) mass is 476 g/mol. The van der Waals surface area contributed by atoms with Gasteiger partial charge in [-0.05, 0) is 47.9 Å². The smallest absolute Gasteiger partial charge is 0.407 e. The maximum atomic E-state index is 12.5. The van der Waals surface area contributed by atoms with Crippen molar-refractivity contribution >= 4 is 18.0 Å². The topological polar surface area (TPSA) is 95.9 Å². The average Bonchev–Trinajstić information content (AvgIpc) is 3.41. The number of likely N-dealkylation sites (tertiary alicyclic amines) is 1. The van der Waals surface area contributed by atoms with E-state index in [1.807, 2.05) is 24.3 Å². The number of benzene rings is 2. The second-order valence-electron chi connectivity index (χ2n) is 10.1. The van der Waals surface area contributed by atoms with Crippen LogP contribution >= 0.6 is 0 Å². The van der Waals surface area contributed by atoms with Crippen molar-refractivity contribution in [2.24, 2.45) is 11.3 Å². The Hall–Kier alpha value is -3.35. The van der Waals surface area contributed by atoms with Crippen molar-refractivity contribution in [2.75, 3.05) is 26.2 Å². The summed E-state index contributed by atoms with van der Waals surface area (Å²) in [7, 11) is 0. The maximum Gasteiger partial charge on any atom is 0.407 e. The molecule has 1 spiro atoms. The average molecular weight is 477 g/mol. The van der Waals surface area contributed by atoms with Crippen LogP contribution in [0.5, 0.6) is 0 Å². The first-order chi connectivity index (χ1) is 17.0. The second kappa shape index (κ2) is 9.72. The molecule has 0 bridgehead atoms. The molecule has 2 N–H and O–H groups in total. The molecule has 1 saturated carbocycles. The predicted octanol–water partition coefficient (Wildman–Crippen LogP) is 4.41. The zero-order valence-corrected chi connectivity index (χ0v) is 19.9. The number of amides is 2. The van der Waals surface area contributed by atoms with Crippen LogP contribution in [0.2, 0.25) is 0 Å². The number of carbonyl (C=O) groups excluding carboxylic acids is 2. The third-order valence-corrected chi connectivity index (χ3v) is 7.87. The number of carbonyl (C=O) groups is 3. The zero-order chi connectivity index (χ0) is 24.4. The van der Waals surface area contributed by atoms with Crippen molar-refractivity contribution in [3.63, 3.8) is 0 Å². The lowest BCUT2D eigenvalue weighted by atomic mass is 9.93. The van der Waals surface area contributed by atoms with Crippen LogP contribution in [0.15, 0.2) is 48.5 Å². The Morgan fingerprint density at radius 2 is 1.63 bits per heavy atom. The van der Waals surface area contributed by atoms with Gasteiger partial charge in [-0.2, -0.15) is 0 Å². The van der Waals surface area contributed by atoms with Gasteiger partial charge in [-0.15, -0.1) is 0 Å². The number of alkyl carbamates (subject to hydrolysis) is 1. The van der Waals surface area contributed by atoms with E-state index < -0.39 is 18.0 Å². The van der Waals surface area contributed by atoms with E-state index in [0.29, 0.717) is 32.7 Å². The van der Waals surface area contributed by atoms with Gasteiger partial charge in [0.1, 0.15) is 6.61 Å². The van der Waals surface area contributed by atoms with E-state index in [1.54, 1.807) is 4.90 Å². The molecule has 3 aliphatic rings. The number of nitrogens with one attached hydrogen (secondary N) is 1. The maximum absolute atomic E-state index is 12.5. The molecule has 7 nitrogen and oxygen atoms in total. The molecule has 1 unspecified atom stereocenters. The number of carboxylic acids is 1. The largest absolute Gasteiger partial charge is 0.481 e. The minimum Gasteiger partial charge on any atom is -0.481 e. The van der Waals surface area contributed by atoms with Crippen molar-refractivity contribution in [3.05, 3.63) is 59.7 Å². The Balaban J connectivity index is 0.994. The summed E-state index contributed by atoms with van der Waals surface area (Å²) in [5, 5.41) is 12.2. The highest BCUT2D eigenvalue weighted by Crippen LogP contribution is 2.56. The van der Waals surface area contributed by atoms with Crippen molar-refractivity contribution < 1.29 is 24.2 Å². The number of hydrogen-bond acceptors (Lipinski definition) is 4. The van der Waals surface area contributed by atoms with Crippen LogP contribution in [-0.4, -0.2) is 54.2 Å². The van der Waals surface area contributed by atoms with E-state index in [1.165, 1.54) is 22.3 Å². The molecule has 2 aromatic rings. The number of hydrogen-bond donors (Lipinski definition) is 2. The Bertz CT molecular complexity index is 1080. The molecule has 0 radical (unpaired) electrons. The minimum absolute atomic E-state index is 0.0419. The fraction of sp³-hybridized carbons (Fsp3) is 0.464. The highest BCUT2D eigenvalue weighted by Gasteiger charge is 2.58. The Morgan fingerprint density at radius 3 is 2.23 bits per heavy atom. The Labute approximate surface area is 205 Å². The SMILES string of the molecule is O=C(NCCCCCC(=O)N1CC(C(=O)O)C2(CC2)C1)OCC1c2ccccc2-c2ccccc21. The molecule has 35 heavy (non-hydrogen) atoms. The van der Waals surface area contributed by atoms with E-state index in [-0.39, 0.29) is 17.2 Å². The molecule has 1 heterocycles. The molecule has 1 saturated heterocycles. The summed E-state index contributed by atoms with van der Waals surface area (Å²) >= 11 is 0. The van der Waals surface area contributed by atoms with Gasteiger partial charge in [-0.25, -0.2) is 4.79 Å². The van der Waals surface area contributed by atoms with E-state index in [2.05, 4.69) is 29.6 Å². The fourth-order valence-electron chi connectivity index (χ4n) is 5.74. The van der Waals surface area contributed by atoms with Crippen LogP contribution in [0.25, 0.3) is 11.1 Å². The summed E-state index contributed by atoms with van der Waals surface area (Å²) in [6.07, 6.45) is 4.13. The lowest BCUT2D eigenvalue weighted by Gasteiger charge is -2.16. The quantitative estimate of drug-likeness (QED) is 0.523. The number of rotatable bonds is 9. The van der Waals surface area contributed by atoms with Gasteiger partial charge in [0.15, 0.2) is 0 Å². The van der Waals surface area contributed by atoms with Gasteiger partial charge in [-0.3, -0.25) is 9.59 Å². The summed E-state index contributed by atoms with van der Waals surface area (Å²) in [6.45, 7) is 1.73. The number of carboxylic acid groups (broad SMARTS) is 1. The minimum atomic E-state index is -0.780. The molecule has 7 heteroatoms. The first kappa shape index (κ1) is 23.4. The number of aliphatic carboxylic acids is 1. The van der Waals surface area contributed by atoms with Gasteiger partial charge < -0.3 is 20.1 Å². The van der Waals surface area contributed by atoms with Gasteiger partial charge in [0.25, 0.3) is 0 Å². The normalized spacial score (nSPS) is 19.3. The van der Waals surface area contributed by atoms with Gasteiger partial charge in [0.05, 0.1) is 5.92 Å². The lowest BCUT2D eigenvalue weighted by Crippen LogP contribution is -2.29. The number of ether oxygens (including phenoxy) is 1. The van der Waals surface area contributed by atoms with Crippen molar-refractivity contribution in [2.45, 2.75) is 44.4 Å². The molecule has 184 valence electrons. The van der Waals surface area contributed by atoms with Crippen LogP contribution in [-0.2, 0) is 14.3 Å². The third-order valence-electron chi connectivity index (χ3n) is 7.87. The fourth-order valence-corrected chi connectivity index (χ4v) is 5.74. The van der Waals surface area contributed by atoms with Crippen LogP contribution in [0, 0.1) is 11.3 Å². The molecular formula is C28H32N2O5. The molecule has 2 fully saturated rings. The molecule has 2 aromatic carbocycles. The number of nitrogens with zero attached hydrogens (tertiary/aromatic N) is 1. The first-order valence-corrected chi connectivity index (χ1v) is 12.6. The standard InChI is InChI=1S/C28H32N2O5/c31-25(30-16-24(26(32)33)28(18-30)13-14-28)12-2-1-7-15-29-27(34)35-17-23-21-10-5-3-8-19(21)20-9-4-6-11-22(20)23/h3-6,8-11,23-24H,1-2,7,12-18H2,(H,29,34)(H,32,33). The lowest BCUT2D eigenvalue weighted by molar-refractivity contribution is -0.143. The van der Waals surface area contributed by atoms with Crippen LogP contribution in [0.4, 0.5) is 4.79 Å². The summed E-state index contributed by atoms with van der Waals surface area (Å²) < 4.78 is 5.55. The van der Waals surface area contributed by atoms with Crippen LogP contribution in [0.1, 0.15) is 55.6 Å². The number of unbranched alkanes of at least 4 members (excludes halogenated alkanes) is 2. The molecule has 1 atom stereocenters. The van der Waals surface area contributed by atoms with Gasteiger partial charge in [0.2, 0.25) is 5.91 Å². The molecule has 2 amide bonds. The van der Waals surface area contributed by atoms with Gasteiger partial charge in [-0.1, -0.05) is 55.0 Å². The van der Waals surface area contributed by atoms with Gasteiger partial charge >= 0.3 is 12.1 Å². The Kier molecular flexibility index (Phi) is 6.50. The van der Waals surface area contributed by atoms with Crippen molar-refractivity contribution in [3.8, 4) is 11.1 Å². The summed E-state index contributed by atoms with van der Waals surface area (Å²) in [5.74, 6) is -1.10. The molecular weight excluding hydrogens is 444 g/mol. The molecule has 2 aliphatic carbocycles.